The summed E-state index contributed by atoms with van der Waals surface area (Å²) in [6.45, 7) is 7.38. The second-order valence-electron chi connectivity index (χ2n) is 7.66. The zero-order chi connectivity index (χ0) is 22.5. The van der Waals surface area contributed by atoms with Crippen LogP contribution in [0.4, 0.5) is 5.69 Å². The van der Waals surface area contributed by atoms with E-state index in [2.05, 4.69) is 26.1 Å². The molecular weight excluding hydrogens is 480 g/mol. The Kier molecular flexibility index (Phi) is 7.91. The summed E-state index contributed by atoms with van der Waals surface area (Å²) in [5.41, 5.74) is 2.64. The topological polar surface area (TPSA) is 60.0 Å². The van der Waals surface area contributed by atoms with Crippen molar-refractivity contribution in [3.05, 3.63) is 52.0 Å². The third kappa shape index (κ3) is 6.18. The summed E-state index contributed by atoms with van der Waals surface area (Å²) in [4.78, 5) is 15.2. The van der Waals surface area contributed by atoms with Crippen LogP contribution in [0.2, 0.25) is 0 Å². The monoisotopic (exact) mass is 506 g/mol. The number of methoxy groups -OCH3 is 1. The van der Waals surface area contributed by atoms with Gasteiger partial charge in [-0.3, -0.25) is 4.79 Å². The van der Waals surface area contributed by atoms with E-state index >= 15 is 0 Å². The van der Waals surface area contributed by atoms with E-state index in [9.17, 15) is 4.79 Å². The Hall–Kier alpha value is -2.16. The molecule has 1 N–H and O–H groups in total. The number of morpholine rings is 1. The van der Waals surface area contributed by atoms with Crippen LogP contribution in [0.3, 0.4) is 0 Å². The van der Waals surface area contributed by atoms with Gasteiger partial charge in [0, 0.05) is 24.3 Å². The summed E-state index contributed by atoms with van der Waals surface area (Å²) < 4.78 is 17.8. The number of rotatable bonds is 6. The van der Waals surface area contributed by atoms with E-state index in [4.69, 9.17) is 26.4 Å². The lowest BCUT2D eigenvalue weighted by Crippen LogP contribution is -2.47. The predicted octanol–water partition coefficient (Wildman–Crippen LogP) is 4.57. The van der Waals surface area contributed by atoms with E-state index in [-0.39, 0.29) is 24.7 Å². The van der Waals surface area contributed by atoms with Crippen molar-refractivity contribution in [2.75, 3.05) is 32.1 Å². The number of nitrogens with zero attached hydrogens (tertiary/aromatic N) is 1. The van der Waals surface area contributed by atoms with Crippen LogP contribution >= 0.6 is 28.1 Å². The maximum atomic E-state index is 12.3. The zero-order valence-electron chi connectivity index (χ0n) is 18.1. The van der Waals surface area contributed by atoms with E-state index in [1.54, 1.807) is 7.11 Å². The van der Waals surface area contributed by atoms with Crippen molar-refractivity contribution in [2.24, 2.45) is 0 Å². The second-order valence-corrected chi connectivity index (χ2v) is 8.90. The maximum Gasteiger partial charge on any atom is 0.262 e. The molecule has 0 bridgehead atoms. The normalized spacial score (nSPS) is 18.4. The number of amides is 1. The van der Waals surface area contributed by atoms with Gasteiger partial charge in [-0.05, 0) is 66.5 Å². The number of nitrogens with one attached hydrogen (secondary N) is 1. The van der Waals surface area contributed by atoms with Gasteiger partial charge in [0.1, 0.15) is 4.99 Å². The van der Waals surface area contributed by atoms with E-state index < -0.39 is 0 Å². The van der Waals surface area contributed by atoms with Crippen molar-refractivity contribution in [2.45, 2.75) is 33.0 Å². The number of benzene rings is 2. The summed E-state index contributed by atoms with van der Waals surface area (Å²) in [6, 6.07) is 11.3. The van der Waals surface area contributed by atoms with Crippen LogP contribution in [-0.2, 0) is 9.53 Å². The van der Waals surface area contributed by atoms with Gasteiger partial charge in [-0.2, -0.15) is 0 Å². The molecule has 3 rings (SSSR count). The Morgan fingerprint density at radius 1 is 1.26 bits per heavy atom. The van der Waals surface area contributed by atoms with Gasteiger partial charge in [0.2, 0.25) is 0 Å². The van der Waals surface area contributed by atoms with Gasteiger partial charge in [0.25, 0.3) is 5.91 Å². The highest BCUT2D eigenvalue weighted by Gasteiger charge is 2.25. The summed E-state index contributed by atoms with van der Waals surface area (Å²) in [5.74, 6) is 0.706. The molecule has 31 heavy (non-hydrogen) atoms. The van der Waals surface area contributed by atoms with Crippen LogP contribution in [0.25, 0.3) is 0 Å². The highest BCUT2D eigenvalue weighted by atomic mass is 79.9. The lowest BCUT2D eigenvalue weighted by Gasteiger charge is -2.37. The molecule has 6 nitrogen and oxygen atoms in total. The summed E-state index contributed by atoms with van der Waals surface area (Å²) in [5, 5.41) is 2.83. The second kappa shape index (κ2) is 10.4. The highest BCUT2D eigenvalue weighted by molar-refractivity contribution is 9.10. The molecule has 1 saturated heterocycles. The first-order valence-corrected chi connectivity index (χ1v) is 11.3. The number of hydrogen-bond donors (Lipinski definition) is 1. The number of hydrogen-bond acceptors (Lipinski definition) is 5. The molecule has 0 aromatic heterocycles. The first-order valence-electron chi connectivity index (χ1n) is 10.1. The Morgan fingerprint density at radius 2 is 1.97 bits per heavy atom. The van der Waals surface area contributed by atoms with E-state index in [0.29, 0.717) is 16.0 Å². The minimum atomic E-state index is -0.254. The number of thiocarbonyl (C=S) groups is 1. The van der Waals surface area contributed by atoms with Crippen LogP contribution in [0.1, 0.15) is 25.0 Å². The van der Waals surface area contributed by atoms with Crippen LogP contribution in [-0.4, -0.2) is 54.8 Å². The van der Waals surface area contributed by atoms with Crippen LogP contribution < -0.4 is 14.8 Å². The van der Waals surface area contributed by atoms with Crippen molar-refractivity contribution in [1.29, 1.82) is 0 Å². The molecule has 1 aliphatic rings. The Morgan fingerprint density at radius 3 is 2.61 bits per heavy atom. The molecular formula is C23H27BrN2O4S. The number of carbonyl (C=O) groups excluding carboxylic acids is 1. The SMILES string of the molecule is COc1cc(C(=S)N2C[C@H](C)O[C@@H](C)C2)cc(Br)c1OCC(=O)Nc1cccc(C)c1. The molecule has 0 spiro atoms. The highest BCUT2D eigenvalue weighted by Crippen LogP contribution is 2.37. The average molecular weight is 507 g/mol. The molecule has 0 radical (unpaired) electrons. The van der Waals surface area contributed by atoms with E-state index in [0.717, 1.165) is 34.9 Å². The molecule has 1 amide bonds. The Bertz CT molecular complexity index is 959. The number of anilines is 1. The minimum Gasteiger partial charge on any atom is -0.493 e. The molecule has 1 heterocycles. The summed E-state index contributed by atoms with van der Waals surface area (Å²) >= 11 is 9.28. The van der Waals surface area contributed by atoms with Gasteiger partial charge in [-0.1, -0.05) is 24.4 Å². The fourth-order valence-corrected chi connectivity index (χ4v) is 4.39. The standard InChI is InChI=1S/C23H27BrN2O4S/c1-14-6-5-7-18(8-14)25-21(27)13-29-22-19(24)9-17(10-20(22)28-4)23(31)26-11-15(2)30-16(3)12-26/h5-10,15-16H,11-13H2,1-4H3,(H,25,27)/t15-,16-/m0/s1. The molecule has 2 atom stereocenters. The lowest BCUT2D eigenvalue weighted by atomic mass is 10.1. The number of carbonyl (C=O) groups is 1. The molecule has 8 heteroatoms. The predicted molar refractivity (Wildman–Crippen MR) is 129 cm³/mol. The van der Waals surface area contributed by atoms with Gasteiger partial charge in [0.05, 0.1) is 23.8 Å². The third-order valence-electron chi connectivity index (χ3n) is 4.83. The molecule has 2 aromatic rings. The average Bonchev–Trinajstić information content (AvgIpc) is 2.71. The molecule has 1 aliphatic heterocycles. The van der Waals surface area contributed by atoms with E-state index in [1.165, 1.54) is 0 Å². The largest absolute Gasteiger partial charge is 0.493 e. The molecule has 166 valence electrons. The lowest BCUT2D eigenvalue weighted by molar-refractivity contribution is -0.118. The van der Waals surface area contributed by atoms with Crippen LogP contribution in [0.5, 0.6) is 11.5 Å². The molecule has 1 fully saturated rings. The maximum absolute atomic E-state index is 12.3. The first kappa shape index (κ1) is 23.5. The fourth-order valence-electron chi connectivity index (χ4n) is 3.57. The molecule has 2 aromatic carbocycles. The number of ether oxygens (including phenoxy) is 3. The van der Waals surface area contributed by atoms with Crippen LogP contribution in [0, 0.1) is 6.92 Å². The Balaban J connectivity index is 1.70. The fraction of sp³-hybridized carbons (Fsp3) is 0.391. The quantitative estimate of drug-likeness (QED) is 0.579. The van der Waals surface area contributed by atoms with Gasteiger partial charge in [0.15, 0.2) is 18.1 Å². The molecule has 0 aliphatic carbocycles. The Labute approximate surface area is 197 Å². The van der Waals surface area contributed by atoms with Crippen molar-refractivity contribution in [3.8, 4) is 11.5 Å². The van der Waals surface area contributed by atoms with E-state index in [1.807, 2.05) is 57.2 Å². The molecule has 0 saturated carbocycles. The molecule has 0 unspecified atom stereocenters. The minimum absolute atomic E-state index is 0.113. The van der Waals surface area contributed by atoms with Crippen molar-refractivity contribution in [1.82, 2.24) is 4.90 Å². The summed E-state index contributed by atoms with van der Waals surface area (Å²) in [6.07, 6.45) is 0.225. The smallest absolute Gasteiger partial charge is 0.262 e. The van der Waals surface area contributed by atoms with Gasteiger partial charge in [-0.15, -0.1) is 0 Å². The van der Waals surface area contributed by atoms with Gasteiger partial charge < -0.3 is 24.4 Å². The number of aryl methyl sites for hydroxylation is 1. The van der Waals surface area contributed by atoms with Crippen molar-refractivity contribution >= 4 is 44.7 Å². The van der Waals surface area contributed by atoms with Crippen molar-refractivity contribution < 1.29 is 19.0 Å². The number of halogens is 1. The van der Waals surface area contributed by atoms with Crippen LogP contribution in [0.15, 0.2) is 40.9 Å². The van der Waals surface area contributed by atoms with Crippen molar-refractivity contribution in [3.63, 3.8) is 0 Å². The van der Waals surface area contributed by atoms with Gasteiger partial charge in [-0.25, -0.2) is 0 Å². The first-order chi connectivity index (χ1) is 14.8. The third-order valence-corrected chi connectivity index (χ3v) is 5.92. The summed E-state index contributed by atoms with van der Waals surface area (Å²) in [7, 11) is 1.56. The van der Waals surface area contributed by atoms with Gasteiger partial charge >= 0.3 is 0 Å². The zero-order valence-corrected chi connectivity index (χ0v) is 20.5.